The van der Waals surface area contributed by atoms with Crippen molar-refractivity contribution in [2.45, 2.75) is 19.9 Å². The largest absolute Gasteiger partial charge is 0.321 e. The van der Waals surface area contributed by atoms with E-state index in [0.717, 1.165) is 10.4 Å². The van der Waals surface area contributed by atoms with Crippen LogP contribution >= 0.6 is 11.3 Å². The summed E-state index contributed by atoms with van der Waals surface area (Å²) < 4.78 is 0. The summed E-state index contributed by atoms with van der Waals surface area (Å²) in [7, 11) is 0. The van der Waals surface area contributed by atoms with E-state index in [2.05, 4.69) is 0 Å². The molecule has 2 nitrogen and oxygen atoms in total. The van der Waals surface area contributed by atoms with Gasteiger partial charge in [0.15, 0.2) is 5.78 Å². The number of carbonyl (C=O) groups is 1. The molecular weight excluding hydrogens is 158 g/mol. The Kier molecular flexibility index (Phi) is 2.42. The fourth-order valence-corrected chi connectivity index (χ4v) is 1.59. The molecule has 1 aromatic heterocycles. The molecule has 0 saturated carbocycles. The highest BCUT2D eigenvalue weighted by Gasteiger charge is 2.13. The Morgan fingerprint density at radius 2 is 2.36 bits per heavy atom. The Bertz CT molecular complexity index is 265. The summed E-state index contributed by atoms with van der Waals surface area (Å²) in [4.78, 5) is 12.4. The van der Waals surface area contributed by atoms with Crippen LogP contribution in [0.4, 0.5) is 0 Å². The number of thiophene rings is 1. The van der Waals surface area contributed by atoms with Gasteiger partial charge in [0.1, 0.15) is 0 Å². The second-order valence-corrected chi connectivity index (χ2v) is 3.66. The van der Waals surface area contributed by atoms with Gasteiger partial charge in [-0.25, -0.2) is 0 Å². The van der Waals surface area contributed by atoms with Crippen LogP contribution in [0.2, 0.25) is 0 Å². The van der Waals surface area contributed by atoms with Crippen LogP contribution in [-0.2, 0) is 0 Å². The molecule has 60 valence electrons. The molecule has 1 atom stereocenters. The normalized spacial score (nSPS) is 13.0. The molecule has 0 radical (unpaired) electrons. The van der Waals surface area contributed by atoms with Gasteiger partial charge in [0.25, 0.3) is 0 Å². The molecule has 2 N–H and O–H groups in total. The summed E-state index contributed by atoms with van der Waals surface area (Å²) in [5.74, 6) is 0.0313. The third-order valence-electron chi connectivity index (χ3n) is 1.54. The van der Waals surface area contributed by atoms with Crippen LogP contribution in [0.15, 0.2) is 11.4 Å². The van der Waals surface area contributed by atoms with E-state index < -0.39 is 0 Å². The maximum absolute atomic E-state index is 11.3. The van der Waals surface area contributed by atoms with Gasteiger partial charge in [-0.05, 0) is 25.3 Å². The topological polar surface area (TPSA) is 43.1 Å². The second kappa shape index (κ2) is 3.15. The van der Waals surface area contributed by atoms with Crippen LogP contribution < -0.4 is 5.73 Å². The van der Waals surface area contributed by atoms with Crippen molar-refractivity contribution in [2.75, 3.05) is 0 Å². The standard InChI is InChI=1S/C8H11NOS/c1-5(9)8(10)7-3-4-11-6(7)2/h3-5H,9H2,1-2H3/t5-/m1/s1. The summed E-state index contributed by atoms with van der Waals surface area (Å²) in [6, 6.07) is 1.44. The quantitative estimate of drug-likeness (QED) is 0.683. The zero-order valence-corrected chi connectivity index (χ0v) is 7.44. The van der Waals surface area contributed by atoms with Crippen molar-refractivity contribution in [3.63, 3.8) is 0 Å². The van der Waals surface area contributed by atoms with Gasteiger partial charge in [0.05, 0.1) is 6.04 Å². The van der Waals surface area contributed by atoms with Crippen LogP contribution in [0.3, 0.4) is 0 Å². The average molecular weight is 169 g/mol. The molecule has 0 unspecified atom stereocenters. The predicted molar refractivity (Wildman–Crippen MR) is 47.0 cm³/mol. The van der Waals surface area contributed by atoms with Crippen molar-refractivity contribution in [3.8, 4) is 0 Å². The molecule has 0 fully saturated rings. The molecule has 0 bridgehead atoms. The minimum absolute atomic E-state index is 0.0313. The first-order valence-corrected chi connectivity index (χ1v) is 4.34. The number of rotatable bonds is 2. The average Bonchev–Trinajstić information content (AvgIpc) is 2.33. The van der Waals surface area contributed by atoms with E-state index in [9.17, 15) is 4.79 Å². The molecule has 0 aliphatic heterocycles. The fraction of sp³-hybridized carbons (Fsp3) is 0.375. The number of Topliss-reactive ketones (excluding diaryl/α,β-unsaturated/α-hetero) is 1. The van der Waals surface area contributed by atoms with E-state index >= 15 is 0 Å². The molecule has 0 aromatic carbocycles. The molecule has 0 aliphatic rings. The summed E-state index contributed by atoms with van der Waals surface area (Å²) in [6.07, 6.45) is 0. The van der Waals surface area contributed by atoms with Crippen molar-refractivity contribution in [1.29, 1.82) is 0 Å². The number of nitrogens with two attached hydrogens (primary N) is 1. The van der Waals surface area contributed by atoms with Crippen LogP contribution in [-0.4, -0.2) is 11.8 Å². The number of hydrogen-bond donors (Lipinski definition) is 1. The van der Waals surface area contributed by atoms with Crippen LogP contribution in [0.5, 0.6) is 0 Å². The lowest BCUT2D eigenvalue weighted by atomic mass is 10.1. The van der Waals surface area contributed by atoms with Gasteiger partial charge in [0.2, 0.25) is 0 Å². The lowest BCUT2D eigenvalue weighted by molar-refractivity contribution is 0.0968. The maximum Gasteiger partial charge on any atom is 0.180 e. The summed E-state index contributed by atoms with van der Waals surface area (Å²) in [5, 5.41) is 1.91. The number of aryl methyl sites for hydroxylation is 1. The van der Waals surface area contributed by atoms with E-state index in [1.54, 1.807) is 18.3 Å². The minimum atomic E-state index is -0.386. The predicted octanol–water partition coefficient (Wildman–Crippen LogP) is 1.59. The van der Waals surface area contributed by atoms with Gasteiger partial charge in [-0.1, -0.05) is 0 Å². The molecule has 11 heavy (non-hydrogen) atoms. The monoisotopic (exact) mass is 169 g/mol. The summed E-state index contributed by atoms with van der Waals surface area (Å²) in [5.41, 5.74) is 6.22. The van der Waals surface area contributed by atoms with Gasteiger partial charge in [-0.15, -0.1) is 11.3 Å². The molecule has 1 heterocycles. The first kappa shape index (κ1) is 8.43. The lowest BCUT2D eigenvalue weighted by Gasteiger charge is -2.01. The minimum Gasteiger partial charge on any atom is -0.321 e. The molecular formula is C8H11NOS. The lowest BCUT2D eigenvalue weighted by Crippen LogP contribution is -2.26. The molecule has 3 heteroatoms. The third kappa shape index (κ3) is 1.67. The van der Waals surface area contributed by atoms with Crippen molar-refractivity contribution in [2.24, 2.45) is 5.73 Å². The molecule has 1 rings (SSSR count). The van der Waals surface area contributed by atoms with Crippen LogP contribution in [0.25, 0.3) is 0 Å². The highest BCUT2D eigenvalue weighted by Crippen LogP contribution is 2.16. The molecule has 1 aromatic rings. The van der Waals surface area contributed by atoms with Crippen LogP contribution in [0, 0.1) is 6.92 Å². The molecule has 0 amide bonds. The number of hydrogen-bond acceptors (Lipinski definition) is 3. The molecule has 0 aliphatic carbocycles. The van der Waals surface area contributed by atoms with E-state index in [4.69, 9.17) is 5.73 Å². The summed E-state index contributed by atoms with van der Waals surface area (Å²) >= 11 is 1.57. The Hall–Kier alpha value is -0.670. The van der Waals surface area contributed by atoms with Crippen molar-refractivity contribution < 1.29 is 4.79 Å². The molecule has 0 spiro atoms. The third-order valence-corrected chi connectivity index (χ3v) is 2.38. The van der Waals surface area contributed by atoms with Gasteiger partial charge in [-0.3, -0.25) is 4.79 Å². The number of carbonyl (C=O) groups excluding carboxylic acids is 1. The second-order valence-electron chi connectivity index (χ2n) is 2.54. The van der Waals surface area contributed by atoms with Crippen molar-refractivity contribution in [3.05, 3.63) is 21.9 Å². The highest BCUT2D eigenvalue weighted by molar-refractivity contribution is 7.10. The highest BCUT2D eigenvalue weighted by atomic mass is 32.1. The van der Waals surface area contributed by atoms with Gasteiger partial charge in [0, 0.05) is 10.4 Å². The van der Waals surface area contributed by atoms with Gasteiger partial charge in [-0.2, -0.15) is 0 Å². The molecule has 0 saturated heterocycles. The van der Waals surface area contributed by atoms with E-state index in [1.165, 1.54) is 0 Å². The van der Waals surface area contributed by atoms with Gasteiger partial charge < -0.3 is 5.73 Å². The zero-order chi connectivity index (χ0) is 8.43. The van der Waals surface area contributed by atoms with Gasteiger partial charge >= 0.3 is 0 Å². The maximum atomic E-state index is 11.3. The van der Waals surface area contributed by atoms with E-state index in [0.29, 0.717) is 0 Å². The van der Waals surface area contributed by atoms with Crippen molar-refractivity contribution in [1.82, 2.24) is 0 Å². The SMILES string of the molecule is Cc1sccc1C(=O)[C@@H](C)N. The van der Waals surface area contributed by atoms with E-state index in [1.807, 2.05) is 18.4 Å². The van der Waals surface area contributed by atoms with E-state index in [-0.39, 0.29) is 11.8 Å². The smallest absolute Gasteiger partial charge is 0.180 e. The Balaban J connectivity index is 2.93. The Morgan fingerprint density at radius 1 is 1.73 bits per heavy atom. The van der Waals surface area contributed by atoms with Crippen LogP contribution in [0.1, 0.15) is 22.2 Å². The fourth-order valence-electron chi connectivity index (χ4n) is 0.886. The Morgan fingerprint density at radius 3 is 2.73 bits per heavy atom. The summed E-state index contributed by atoms with van der Waals surface area (Å²) in [6.45, 7) is 3.64. The number of ketones is 1. The first-order chi connectivity index (χ1) is 5.13. The zero-order valence-electron chi connectivity index (χ0n) is 6.63. The van der Waals surface area contributed by atoms with Crippen molar-refractivity contribution >= 4 is 17.1 Å². The first-order valence-electron chi connectivity index (χ1n) is 3.47. The Labute approximate surface area is 70.0 Å².